The van der Waals surface area contributed by atoms with E-state index < -0.39 is 0 Å². The van der Waals surface area contributed by atoms with E-state index in [1.54, 1.807) is 7.11 Å². The maximum absolute atomic E-state index is 9.21. The van der Waals surface area contributed by atoms with Gasteiger partial charge in [-0.05, 0) is 11.0 Å². The summed E-state index contributed by atoms with van der Waals surface area (Å²) in [7, 11) is 1.68. The first-order valence-electron chi connectivity index (χ1n) is 5.53. The van der Waals surface area contributed by atoms with Crippen molar-refractivity contribution < 1.29 is 9.84 Å². The molecule has 0 aliphatic rings. The summed E-state index contributed by atoms with van der Waals surface area (Å²) in [6.07, 6.45) is 0. The molecule has 2 heteroatoms. The summed E-state index contributed by atoms with van der Waals surface area (Å²) >= 11 is 0. The molecule has 1 aromatic carbocycles. The largest absolute Gasteiger partial charge is 0.496 e. The van der Waals surface area contributed by atoms with Crippen LogP contribution < -0.4 is 4.74 Å². The Morgan fingerprint density at radius 1 is 1.31 bits per heavy atom. The van der Waals surface area contributed by atoms with E-state index in [1.807, 2.05) is 19.1 Å². The minimum atomic E-state index is 0.0388. The van der Waals surface area contributed by atoms with Crippen molar-refractivity contribution in [3.63, 3.8) is 0 Å². The summed E-state index contributed by atoms with van der Waals surface area (Å²) in [5.74, 6) is 1.81. The van der Waals surface area contributed by atoms with Crippen molar-refractivity contribution in [1.29, 1.82) is 0 Å². The number of rotatable bonds is 3. The summed E-state index contributed by atoms with van der Waals surface area (Å²) in [5, 5.41) is 9.21. The predicted octanol–water partition coefficient (Wildman–Crippen LogP) is 2.93. The lowest BCUT2D eigenvalue weighted by Crippen LogP contribution is -2.15. The van der Waals surface area contributed by atoms with Gasteiger partial charge in [0.05, 0.1) is 13.7 Å². The number of ether oxygens (including phenoxy) is 1. The molecular weight excluding hydrogens is 200 g/mol. The maximum atomic E-state index is 9.21. The van der Waals surface area contributed by atoms with Crippen LogP contribution in [0.2, 0.25) is 0 Å². The number of methoxy groups -OCH3 is 1. The zero-order valence-electron chi connectivity index (χ0n) is 10.8. The lowest BCUT2D eigenvalue weighted by atomic mass is 9.83. The highest BCUT2D eigenvalue weighted by molar-refractivity contribution is 5.50. The third-order valence-electron chi connectivity index (χ3n) is 2.72. The molecule has 1 N–H and O–H groups in total. The molecule has 0 atom stereocenters. The number of benzene rings is 1. The van der Waals surface area contributed by atoms with Crippen LogP contribution in [0.5, 0.6) is 5.75 Å². The van der Waals surface area contributed by atoms with Crippen LogP contribution in [0.15, 0.2) is 18.2 Å². The minimum absolute atomic E-state index is 0.0388. The zero-order chi connectivity index (χ0) is 12.3. The first kappa shape index (κ1) is 13.0. The molecule has 16 heavy (non-hydrogen) atoms. The van der Waals surface area contributed by atoms with Crippen molar-refractivity contribution >= 4 is 0 Å². The Balaban J connectivity index is 3.32. The van der Waals surface area contributed by atoms with E-state index in [-0.39, 0.29) is 12.0 Å². The van der Waals surface area contributed by atoms with Gasteiger partial charge in [-0.25, -0.2) is 0 Å². The summed E-state index contributed by atoms with van der Waals surface area (Å²) in [6.45, 7) is 8.45. The number of aliphatic hydroxyl groups is 1. The van der Waals surface area contributed by atoms with E-state index in [2.05, 4.69) is 26.8 Å². The molecule has 0 aliphatic carbocycles. The van der Waals surface area contributed by atoms with Crippen molar-refractivity contribution in [3.05, 3.63) is 35.2 Å². The maximum Gasteiger partial charge on any atom is 0.126 e. The van der Waals surface area contributed by atoms with E-state index in [4.69, 9.17) is 4.74 Å². The standard InChI is InChI=1S/C14H21O2/c1-10(9-15)11-7-6-8-12(13(11)16-5)14(2,3)4/h6-8,15H,9H2,1-5H3. The molecule has 0 saturated heterocycles. The van der Waals surface area contributed by atoms with Crippen molar-refractivity contribution in [2.24, 2.45) is 0 Å². The van der Waals surface area contributed by atoms with E-state index in [9.17, 15) is 5.11 Å². The fraction of sp³-hybridized carbons (Fsp3) is 0.500. The van der Waals surface area contributed by atoms with E-state index in [0.29, 0.717) is 0 Å². The normalized spacial score (nSPS) is 11.9. The molecule has 1 rings (SSSR count). The first-order valence-corrected chi connectivity index (χ1v) is 5.53. The van der Waals surface area contributed by atoms with Gasteiger partial charge >= 0.3 is 0 Å². The van der Waals surface area contributed by atoms with Crippen molar-refractivity contribution in [3.8, 4) is 5.75 Å². The van der Waals surface area contributed by atoms with Gasteiger partial charge in [-0.15, -0.1) is 0 Å². The van der Waals surface area contributed by atoms with E-state index in [1.165, 1.54) is 5.56 Å². The lowest BCUT2D eigenvalue weighted by molar-refractivity contribution is 0.311. The summed E-state index contributed by atoms with van der Waals surface area (Å²) < 4.78 is 5.49. The molecule has 0 saturated carbocycles. The highest BCUT2D eigenvalue weighted by Gasteiger charge is 2.22. The van der Waals surface area contributed by atoms with E-state index in [0.717, 1.165) is 17.2 Å². The highest BCUT2D eigenvalue weighted by atomic mass is 16.5. The van der Waals surface area contributed by atoms with Crippen LogP contribution in [0.3, 0.4) is 0 Å². The molecule has 1 aromatic rings. The third kappa shape index (κ3) is 2.56. The Bertz CT molecular complexity index is 350. The Hall–Kier alpha value is -1.02. The molecule has 0 heterocycles. The average Bonchev–Trinajstić information content (AvgIpc) is 2.25. The van der Waals surface area contributed by atoms with Gasteiger partial charge in [0.25, 0.3) is 0 Å². The number of hydrogen-bond donors (Lipinski definition) is 1. The molecule has 0 amide bonds. The molecule has 0 aliphatic heterocycles. The first-order chi connectivity index (χ1) is 7.41. The number of para-hydroxylation sites is 1. The van der Waals surface area contributed by atoms with Crippen molar-refractivity contribution in [1.82, 2.24) is 0 Å². The van der Waals surface area contributed by atoms with Crippen LogP contribution in [-0.2, 0) is 5.41 Å². The van der Waals surface area contributed by atoms with Gasteiger partial charge in [-0.1, -0.05) is 45.9 Å². The summed E-state index contributed by atoms with van der Waals surface area (Å²) in [5.41, 5.74) is 2.20. The zero-order valence-corrected chi connectivity index (χ0v) is 10.8. The second-order valence-corrected chi connectivity index (χ2v) is 5.07. The van der Waals surface area contributed by atoms with Crippen LogP contribution in [0, 0.1) is 5.92 Å². The predicted molar refractivity (Wildman–Crippen MR) is 66.8 cm³/mol. The molecule has 0 bridgehead atoms. The fourth-order valence-corrected chi connectivity index (χ4v) is 1.77. The Morgan fingerprint density at radius 3 is 2.38 bits per heavy atom. The monoisotopic (exact) mass is 221 g/mol. The SMILES string of the molecule is COc1c([C](C)CO)cccc1C(C)(C)C. The Kier molecular flexibility index (Phi) is 3.98. The number of aliphatic hydroxyl groups excluding tert-OH is 1. The quantitative estimate of drug-likeness (QED) is 0.850. The van der Waals surface area contributed by atoms with Crippen LogP contribution in [0.1, 0.15) is 38.8 Å². The van der Waals surface area contributed by atoms with Crippen molar-refractivity contribution in [2.45, 2.75) is 33.1 Å². The molecule has 2 nitrogen and oxygen atoms in total. The van der Waals surface area contributed by atoms with Gasteiger partial charge in [0.15, 0.2) is 0 Å². The number of hydrogen-bond acceptors (Lipinski definition) is 2. The van der Waals surface area contributed by atoms with Crippen molar-refractivity contribution in [2.75, 3.05) is 13.7 Å². The van der Waals surface area contributed by atoms with Crippen LogP contribution in [-0.4, -0.2) is 18.8 Å². The van der Waals surface area contributed by atoms with Gasteiger partial charge in [-0.2, -0.15) is 0 Å². The van der Waals surface area contributed by atoms with Gasteiger partial charge in [0.2, 0.25) is 0 Å². The van der Waals surface area contributed by atoms with Gasteiger partial charge in [-0.3, -0.25) is 0 Å². The van der Waals surface area contributed by atoms with Crippen LogP contribution >= 0.6 is 0 Å². The minimum Gasteiger partial charge on any atom is -0.496 e. The summed E-state index contributed by atoms with van der Waals surface area (Å²) in [6, 6.07) is 6.07. The molecule has 0 unspecified atom stereocenters. The highest BCUT2D eigenvalue weighted by Crippen LogP contribution is 2.36. The molecular formula is C14H21O2. The molecule has 0 fully saturated rings. The second-order valence-electron chi connectivity index (χ2n) is 5.07. The Labute approximate surface area is 98.3 Å². The average molecular weight is 221 g/mol. The fourth-order valence-electron chi connectivity index (χ4n) is 1.77. The van der Waals surface area contributed by atoms with E-state index >= 15 is 0 Å². The molecule has 0 aromatic heterocycles. The Morgan fingerprint density at radius 2 is 1.94 bits per heavy atom. The van der Waals surface area contributed by atoms with Gasteiger partial charge < -0.3 is 9.84 Å². The third-order valence-corrected chi connectivity index (χ3v) is 2.72. The molecule has 1 radical (unpaired) electrons. The lowest BCUT2D eigenvalue weighted by Gasteiger charge is -2.25. The molecule has 89 valence electrons. The molecule has 0 spiro atoms. The smallest absolute Gasteiger partial charge is 0.126 e. The van der Waals surface area contributed by atoms with Gasteiger partial charge in [0, 0.05) is 11.5 Å². The van der Waals surface area contributed by atoms with Crippen LogP contribution in [0.25, 0.3) is 0 Å². The summed E-state index contributed by atoms with van der Waals surface area (Å²) in [4.78, 5) is 0. The van der Waals surface area contributed by atoms with Crippen LogP contribution in [0.4, 0.5) is 0 Å². The second kappa shape index (κ2) is 4.88. The topological polar surface area (TPSA) is 29.5 Å². The van der Waals surface area contributed by atoms with Gasteiger partial charge in [0.1, 0.15) is 5.75 Å².